The van der Waals surface area contributed by atoms with Crippen LogP contribution in [0.1, 0.15) is 48.1 Å². The smallest absolute Gasteiger partial charge is 0.257 e. The van der Waals surface area contributed by atoms with Crippen LogP contribution < -0.4 is 15.0 Å². The number of carbonyl (C=O) groups excluding carboxylic acids is 1. The van der Waals surface area contributed by atoms with Gasteiger partial charge in [-0.25, -0.2) is 4.98 Å². The van der Waals surface area contributed by atoms with Gasteiger partial charge in [0.25, 0.3) is 5.56 Å². The fraction of sp³-hybridized carbons (Fsp3) is 0.375. The molecule has 2 aliphatic heterocycles. The van der Waals surface area contributed by atoms with Crippen LogP contribution in [0.15, 0.2) is 23.0 Å². The molecule has 3 aromatic rings. The van der Waals surface area contributed by atoms with Crippen LogP contribution in [0.3, 0.4) is 0 Å². The maximum Gasteiger partial charge on any atom is 0.257 e. The molecule has 8 nitrogen and oxygen atoms in total. The molecule has 0 bridgehead atoms. The van der Waals surface area contributed by atoms with E-state index in [1.165, 1.54) is 7.11 Å². The van der Waals surface area contributed by atoms with E-state index >= 15 is 0 Å². The summed E-state index contributed by atoms with van der Waals surface area (Å²) >= 11 is 0. The molecule has 0 amide bonds. The maximum atomic E-state index is 13.3. The van der Waals surface area contributed by atoms with E-state index in [0.29, 0.717) is 35.7 Å². The van der Waals surface area contributed by atoms with Gasteiger partial charge in [0.15, 0.2) is 17.8 Å². The van der Waals surface area contributed by atoms with Gasteiger partial charge in [-0.3, -0.25) is 4.79 Å². The molecule has 1 unspecified atom stereocenters. The van der Waals surface area contributed by atoms with Crippen molar-refractivity contribution in [2.24, 2.45) is 0 Å². The number of aromatic nitrogens is 2. The Labute approximate surface area is 184 Å². The van der Waals surface area contributed by atoms with Gasteiger partial charge in [-0.15, -0.1) is 0 Å². The van der Waals surface area contributed by atoms with E-state index in [9.17, 15) is 14.7 Å². The highest BCUT2D eigenvalue weighted by Crippen LogP contribution is 2.42. The number of hydrogen-bond donors (Lipinski definition) is 1. The molecule has 4 heterocycles. The number of hydrogen-bond acceptors (Lipinski definition) is 7. The summed E-state index contributed by atoms with van der Waals surface area (Å²) in [7, 11) is 1.48. The first-order valence-electron chi connectivity index (χ1n) is 10.7. The average Bonchev–Trinajstić information content (AvgIpc) is 3.40. The first-order valence-corrected chi connectivity index (χ1v) is 10.7. The van der Waals surface area contributed by atoms with Gasteiger partial charge in [-0.05, 0) is 30.5 Å². The normalized spacial score (nSPS) is 14.5. The molecule has 0 fully saturated rings. The largest absolute Gasteiger partial charge is 0.454 e. The van der Waals surface area contributed by atoms with Crippen molar-refractivity contribution in [3.63, 3.8) is 0 Å². The number of fused-ring (bicyclic) bond motifs is 5. The lowest BCUT2D eigenvalue weighted by Gasteiger charge is -2.14. The number of carbonyl (C=O) groups is 1. The SMILES string of the molecule is CCCCc1c2c(nc3cc4c(cc13)OCO4)-c1cc(C(O)C=O)c(COC)c(=O)n1C2. The lowest BCUT2D eigenvalue weighted by Crippen LogP contribution is -2.26. The first-order chi connectivity index (χ1) is 15.6. The summed E-state index contributed by atoms with van der Waals surface area (Å²) in [5, 5.41) is 11.3. The van der Waals surface area contributed by atoms with Gasteiger partial charge in [0.05, 0.1) is 30.1 Å². The number of benzene rings is 1. The van der Waals surface area contributed by atoms with Crippen molar-refractivity contribution in [2.45, 2.75) is 45.4 Å². The van der Waals surface area contributed by atoms with Gasteiger partial charge in [0.1, 0.15) is 6.10 Å². The minimum Gasteiger partial charge on any atom is -0.454 e. The van der Waals surface area contributed by atoms with Crippen LogP contribution >= 0.6 is 0 Å². The van der Waals surface area contributed by atoms with Crippen molar-refractivity contribution < 1.29 is 24.1 Å². The Hall–Kier alpha value is -3.23. The molecule has 32 heavy (non-hydrogen) atoms. The highest BCUT2D eigenvalue weighted by Gasteiger charge is 2.30. The topological polar surface area (TPSA) is 99.9 Å². The van der Waals surface area contributed by atoms with Crippen LogP contribution in [0.5, 0.6) is 11.5 Å². The minimum atomic E-state index is -1.41. The Morgan fingerprint density at radius 2 is 2.03 bits per heavy atom. The third-order valence-corrected chi connectivity index (χ3v) is 6.21. The third kappa shape index (κ3) is 3.10. The Kier molecular flexibility index (Phi) is 5.19. The number of unbranched alkanes of at least 4 members (excludes halogenated alkanes) is 1. The van der Waals surface area contributed by atoms with E-state index in [4.69, 9.17) is 19.2 Å². The van der Waals surface area contributed by atoms with E-state index in [2.05, 4.69) is 6.92 Å². The summed E-state index contributed by atoms with van der Waals surface area (Å²) in [5.74, 6) is 1.35. The summed E-state index contributed by atoms with van der Waals surface area (Å²) in [6.07, 6.45) is 1.88. The van der Waals surface area contributed by atoms with Crippen LogP contribution in [0.2, 0.25) is 0 Å². The molecule has 1 atom stereocenters. The average molecular weight is 436 g/mol. The van der Waals surface area contributed by atoms with Gasteiger partial charge >= 0.3 is 0 Å². The molecule has 0 spiro atoms. The number of rotatable bonds is 7. The zero-order valence-corrected chi connectivity index (χ0v) is 18.0. The zero-order chi connectivity index (χ0) is 22.4. The van der Waals surface area contributed by atoms with Crippen molar-refractivity contribution in [3.8, 4) is 22.9 Å². The quantitative estimate of drug-likeness (QED) is 0.445. The van der Waals surface area contributed by atoms with Crippen LogP contribution in [0.4, 0.5) is 0 Å². The number of aliphatic hydroxyl groups is 1. The van der Waals surface area contributed by atoms with Crippen molar-refractivity contribution >= 4 is 17.2 Å². The molecule has 0 saturated heterocycles. The van der Waals surface area contributed by atoms with Gasteiger partial charge < -0.3 is 28.7 Å². The maximum absolute atomic E-state index is 13.3. The number of pyridine rings is 2. The third-order valence-electron chi connectivity index (χ3n) is 6.21. The number of methoxy groups -OCH3 is 1. The molecule has 0 saturated carbocycles. The van der Waals surface area contributed by atoms with Crippen molar-refractivity contribution in [3.05, 3.63) is 50.8 Å². The zero-order valence-electron chi connectivity index (χ0n) is 18.0. The molecule has 2 aliphatic rings. The van der Waals surface area contributed by atoms with Crippen LogP contribution in [0, 0.1) is 0 Å². The summed E-state index contributed by atoms with van der Waals surface area (Å²) < 4.78 is 18.0. The summed E-state index contributed by atoms with van der Waals surface area (Å²) in [6, 6.07) is 5.53. The van der Waals surface area contributed by atoms with Gasteiger partial charge in [0, 0.05) is 35.3 Å². The Balaban J connectivity index is 1.78. The minimum absolute atomic E-state index is 0.00911. The lowest BCUT2D eigenvalue weighted by atomic mass is 9.95. The van der Waals surface area contributed by atoms with E-state index in [-0.39, 0.29) is 30.1 Å². The predicted octanol–water partition coefficient (Wildman–Crippen LogP) is 2.88. The number of aliphatic hydroxyl groups excluding tert-OH is 1. The monoisotopic (exact) mass is 436 g/mol. The first kappa shape index (κ1) is 20.7. The van der Waals surface area contributed by atoms with E-state index in [1.54, 1.807) is 10.6 Å². The van der Waals surface area contributed by atoms with E-state index in [0.717, 1.165) is 41.3 Å². The van der Waals surface area contributed by atoms with Crippen LogP contribution in [-0.2, 0) is 29.1 Å². The second-order valence-electron chi connectivity index (χ2n) is 8.11. The highest BCUT2D eigenvalue weighted by molar-refractivity contribution is 5.90. The molecular formula is C24H24N2O6. The molecule has 166 valence electrons. The molecule has 0 aliphatic carbocycles. The predicted molar refractivity (Wildman–Crippen MR) is 117 cm³/mol. The second-order valence-corrected chi connectivity index (χ2v) is 8.11. The van der Waals surface area contributed by atoms with Crippen molar-refractivity contribution in [1.82, 2.24) is 9.55 Å². The molecular weight excluding hydrogens is 412 g/mol. The lowest BCUT2D eigenvalue weighted by molar-refractivity contribution is -0.115. The van der Waals surface area contributed by atoms with E-state index < -0.39 is 6.10 Å². The van der Waals surface area contributed by atoms with Gasteiger partial charge in [-0.1, -0.05) is 13.3 Å². The number of nitrogens with zero attached hydrogens (tertiary/aromatic N) is 2. The second kappa shape index (κ2) is 8.03. The Morgan fingerprint density at radius 1 is 1.25 bits per heavy atom. The fourth-order valence-corrected chi connectivity index (χ4v) is 4.63. The van der Waals surface area contributed by atoms with Crippen LogP contribution in [0.25, 0.3) is 22.3 Å². The molecule has 1 aromatic carbocycles. The summed E-state index contributed by atoms with van der Waals surface area (Å²) in [4.78, 5) is 29.6. The standard InChI is InChI=1S/C24H24N2O6/c1-3-4-5-13-14-7-21-22(32-12-31-21)8-18(14)25-23-16(13)9-26-19(23)6-15(20(28)10-27)17(11-30-2)24(26)29/h6-8,10,20,28H,3-5,9,11-12H2,1-2H3. The Morgan fingerprint density at radius 3 is 2.75 bits per heavy atom. The molecule has 5 rings (SSSR count). The summed E-state index contributed by atoms with van der Waals surface area (Å²) in [6.45, 7) is 2.72. The fourth-order valence-electron chi connectivity index (χ4n) is 4.63. The van der Waals surface area contributed by atoms with E-state index in [1.807, 2.05) is 12.1 Å². The Bertz CT molecular complexity index is 1300. The van der Waals surface area contributed by atoms with Gasteiger partial charge in [0.2, 0.25) is 6.79 Å². The van der Waals surface area contributed by atoms with Crippen LogP contribution in [-0.4, -0.2) is 34.8 Å². The number of ether oxygens (including phenoxy) is 3. The number of aryl methyl sites for hydroxylation is 1. The molecule has 0 radical (unpaired) electrons. The summed E-state index contributed by atoms with van der Waals surface area (Å²) in [5.41, 5.74) is 4.44. The van der Waals surface area contributed by atoms with Crippen molar-refractivity contribution in [2.75, 3.05) is 13.9 Å². The van der Waals surface area contributed by atoms with Crippen molar-refractivity contribution in [1.29, 1.82) is 0 Å². The highest BCUT2D eigenvalue weighted by atomic mass is 16.7. The molecule has 8 heteroatoms. The molecule has 2 aromatic heterocycles. The van der Waals surface area contributed by atoms with Gasteiger partial charge in [-0.2, -0.15) is 0 Å². The number of aldehydes is 1. The molecule has 1 N–H and O–H groups in total.